The van der Waals surface area contributed by atoms with Crippen molar-refractivity contribution < 1.29 is 4.79 Å². The van der Waals surface area contributed by atoms with E-state index in [-0.39, 0.29) is 10.7 Å². The molecule has 5 nitrogen and oxygen atoms in total. The highest BCUT2D eigenvalue weighted by molar-refractivity contribution is 8.00. The lowest BCUT2D eigenvalue weighted by Gasteiger charge is -2.29. The number of nitrogens with one attached hydrogen (secondary N) is 2. The molecule has 1 heterocycles. The zero-order chi connectivity index (χ0) is 15.5. The molecule has 0 atom stereocenters. The number of hydrogen-bond donors (Lipinski definition) is 3. The summed E-state index contributed by atoms with van der Waals surface area (Å²) in [6, 6.07) is 0.510. The van der Waals surface area contributed by atoms with Crippen molar-refractivity contribution in [3.63, 3.8) is 0 Å². The van der Waals surface area contributed by atoms with E-state index in [4.69, 9.17) is 5.73 Å². The van der Waals surface area contributed by atoms with Gasteiger partial charge in [0.05, 0.1) is 0 Å². The summed E-state index contributed by atoms with van der Waals surface area (Å²) in [4.78, 5) is 17.1. The van der Waals surface area contributed by atoms with Gasteiger partial charge in [0.2, 0.25) is 0 Å². The van der Waals surface area contributed by atoms with Crippen molar-refractivity contribution >= 4 is 40.0 Å². The molecule has 118 valence electrons. The van der Waals surface area contributed by atoms with Crippen molar-refractivity contribution in [2.45, 2.75) is 50.3 Å². The van der Waals surface area contributed by atoms with Gasteiger partial charge in [0.15, 0.2) is 5.13 Å². The lowest BCUT2D eigenvalue weighted by molar-refractivity contribution is 0.0953. The quantitative estimate of drug-likeness (QED) is 0.683. The first-order valence-electron chi connectivity index (χ1n) is 7.39. The van der Waals surface area contributed by atoms with E-state index in [1.54, 1.807) is 0 Å². The summed E-state index contributed by atoms with van der Waals surface area (Å²) in [6.07, 6.45) is 6.49. The van der Waals surface area contributed by atoms with Crippen LogP contribution in [0, 0.1) is 0 Å². The van der Waals surface area contributed by atoms with E-state index < -0.39 is 0 Å². The standard InChI is InChI=1S/C14H24N4OS2/c1-4-14(5-2,20-3)8-16-12(19)10-11(15)18-13(21-10)17-9-6-7-9/h9H,4-8,15H2,1-3H3,(H,16,19)(H,17,18). The molecule has 7 heteroatoms. The molecule has 1 aliphatic carbocycles. The number of amides is 1. The number of nitrogen functional groups attached to an aromatic ring is 1. The molecule has 1 amide bonds. The highest BCUT2D eigenvalue weighted by Crippen LogP contribution is 2.32. The summed E-state index contributed by atoms with van der Waals surface area (Å²) >= 11 is 3.15. The molecule has 2 rings (SSSR count). The van der Waals surface area contributed by atoms with Gasteiger partial charge in [-0.3, -0.25) is 4.79 Å². The van der Waals surface area contributed by atoms with E-state index in [0.29, 0.717) is 23.3 Å². The normalized spacial score (nSPS) is 15.0. The molecule has 21 heavy (non-hydrogen) atoms. The largest absolute Gasteiger partial charge is 0.382 e. The second-order valence-electron chi connectivity index (χ2n) is 5.43. The molecule has 0 aliphatic heterocycles. The summed E-state index contributed by atoms with van der Waals surface area (Å²) < 4.78 is 0.101. The Bertz CT molecular complexity index is 487. The summed E-state index contributed by atoms with van der Waals surface area (Å²) in [7, 11) is 0. The number of nitrogens with zero attached hydrogens (tertiary/aromatic N) is 1. The van der Waals surface area contributed by atoms with Gasteiger partial charge in [-0.15, -0.1) is 0 Å². The van der Waals surface area contributed by atoms with Crippen LogP contribution in [0.2, 0.25) is 0 Å². The maximum Gasteiger partial charge on any atom is 0.265 e. The van der Waals surface area contributed by atoms with Crippen LogP contribution in [0.3, 0.4) is 0 Å². The third-order valence-electron chi connectivity index (χ3n) is 4.06. The number of carbonyl (C=O) groups is 1. The molecule has 1 fully saturated rings. The molecule has 1 saturated carbocycles. The number of anilines is 2. The Hall–Kier alpha value is -0.950. The predicted molar refractivity (Wildman–Crippen MR) is 92.3 cm³/mol. The van der Waals surface area contributed by atoms with Gasteiger partial charge in [0.25, 0.3) is 5.91 Å². The molecule has 0 unspecified atom stereocenters. The Balaban J connectivity index is 1.97. The Morgan fingerprint density at radius 3 is 2.67 bits per heavy atom. The third-order valence-corrected chi connectivity index (χ3v) is 6.65. The summed E-state index contributed by atoms with van der Waals surface area (Å²) in [5, 5.41) is 7.05. The van der Waals surface area contributed by atoms with Crippen LogP contribution in [0.25, 0.3) is 0 Å². The van der Waals surface area contributed by atoms with Gasteiger partial charge in [-0.05, 0) is 31.9 Å². The molecule has 4 N–H and O–H groups in total. The smallest absolute Gasteiger partial charge is 0.265 e. The van der Waals surface area contributed by atoms with Crippen molar-refractivity contribution in [3.8, 4) is 0 Å². The van der Waals surface area contributed by atoms with Crippen molar-refractivity contribution in [2.75, 3.05) is 23.9 Å². The van der Waals surface area contributed by atoms with Gasteiger partial charge < -0.3 is 16.4 Å². The number of nitrogens with two attached hydrogens (primary N) is 1. The molecule has 1 aromatic heterocycles. The second kappa shape index (κ2) is 6.87. The van der Waals surface area contributed by atoms with Crippen LogP contribution >= 0.6 is 23.1 Å². The Labute approximate surface area is 134 Å². The minimum absolute atomic E-state index is 0.101. The lowest BCUT2D eigenvalue weighted by Crippen LogP contribution is -2.39. The maximum absolute atomic E-state index is 12.3. The van der Waals surface area contributed by atoms with Gasteiger partial charge in [0, 0.05) is 17.3 Å². The number of carbonyl (C=O) groups excluding carboxylic acids is 1. The minimum Gasteiger partial charge on any atom is -0.382 e. The van der Waals surface area contributed by atoms with Crippen LogP contribution in [-0.4, -0.2) is 34.5 Å². The van der Waals surface area contributed by atoms with Crippen LogP contribution in [0.1, 0.15) is 49.2 Å². The molecule has 0 aromatic carbocycles. The number of thiazole rings is 1. The van der Waals surface area contributed by atoms with Crippen LogP contribution < -0.4 is 16.4 Å². The summed E-state index contributed by atoms with van der Waals surface area (Å²) in [5.74, 6) is 0.206. The highest BCUT2D eigenvalue weighted by Gasteiger charge is 2.27. The molecule has 0 radical (unpaired) electrons. The van der Waals surface area contributed by atoms with Crippen molar-refractivity contribution in [2.24, 2.45) is 0 Å². The Morgan fingerprint density at radius 1 is 1.48 bits per heavy atom. The van der Waals surface area contributed by atoms with E-state index in [9.17, 15) is 4.79 Å². The minimum atomic E-state index is -0.117. The van der Waals surface area contributed by atoms with E-state index in [2.05, 4.69) is 35.7 Å². The summed E-state index contributed by atoms with van der Waals surface area (Å²) in [6.45, 7) is 4.97. The van der Waals surface area contributed by atoms with Gasteiger partial charge in [-0.2, -0.15) is 11.8 Å². The fourth-order valence-electron chi connectivity index (χ4n) is 2.14. The monoisotopic (exact) mass is 328 g/mol. The van der Waals surface area contributed by atoms with E-state index in [1.165, 1.54) is 24.2 Å². The molecule has 1 aromatic rings. The second-order valence-corrected chi connectivity index (χ2v) is 7.70. The molecule has 1 aliphatic rings. The Kier molecular flexibility index (Phi) is 5.37. The fraction of sp³-hybridized carbons (Fsp3) is 0.714. The SMILES string of the molecule is CCC(CC)(CNC(=O)c1sc(NC2CC2)nc1N)SC. The molecule has 0 saturated heterocycles. The van der Waals surface area contributed by atoms with Crippen LogP contribution in [0.4, 0.5) is 10.9 Å². The molecule has 0 spiro atoms. The van der Waals surface area contributed by atoms with Gasteiger partial charge in [-0.25, -0.2) is 4.98 Å². The molecular weight excluding hydrogens is 304 g/mol. The van der Waals surface area contributed by atoms with Gasteiger partial charge in [-0.1, -0.05) is 25.2 Å². The molecular formula is C14H24N4OS2. The first kappa shape index (κ1) is 16.4. The zero-order valence-electron chi connectivity index (χ0n) is 12.9. The van der Waals surface area contributed by atoms with Crippen LogP contribution in [-0.2, 0) is 0 Å². The number of thioether (sulfide) groups is 1. The Morgan fingerprint density at radius 2 is 2.14 bits per heavy atom. The molecule has 0 bridgehead atoms. The number of aromatic nitrogens is 1. The van der Waals surface area contributed by atoms with Crippen LogP contribution in [0.15, 0.2) is 0 Å². The average Bonchev–Trinajstić information content (AvgIpc) is 3.22. The number of hydrogen-bond acceptors (Lipinski definition) is 6. The third kappa shape index (κ3) is 4.03. The van der Waals surface area contributed by atoms with E-state index in [0.717, 1.165) is 18.0 Å². The lowest BCUT2D eigenvalue weighted by atomic mass is 10.0. The summed E-state index contributed by atoms with van der Waals surface area (Å²) in [5.41, 5.74) is 5.87. The highest BCUT2D eigenvalue weighted by atomic mass is 32.2. The average molecular weight is 329 g/mol. The van der Waals surface area contributed by atoms with E-state index in [1.807, 2.05) is 11.8 Å². The first-order valence-corrected chi connectivity index (χ1v) is 9.44. The topological polar surface area (TPSA) is 80.0 Å². The fourth-order valence-corrected chi connectivity index (χ4v) is 3.81. The van der Waals surface area contributed by atoms with Gasteiger partial charge >= 0.3 is 0 Å². The maximum atomic E-state index is 12.3. The zero-order valence-corrected chi connectivity index (χ0v) is 14.5. The van der Waals surface area contributed by atoms with E-state index >= 15 is 0 Å². The first-order chi connectivity index (χ1) is 10.0. The van der Waals surface area contributed by atoms with Crippen molar-refractivity contribution in [1.82, 2.24) is 10.3 Å². The van der Waals surface area contributed by atoms with Crippen molar-refractivity contribution in [1.29, 1.82) is 0 Å². The van der Waals surface area contributed by atoms with Crippen molar-refractivity contribution in [3.05, 3.63) is 4.88 Å². The van der Waals surface area contributed by atoms with Gasteiger partial charge in [0.1, 0.15) is 10.7 Å². The number of rotatable bonds is 8. The van der Waals surface area contributed by atoms with Crippen LogP contribution in [0.5, 0.6) is 0 Å². The predicted octanol–water partition coefficient (Wildman–Crippen LogP) is 2.95.